The number of carbonyl (C=O) groups excluding carboxylic acids is 2. The maximum absolute atomic E-state index is 12.3. The standard InChI is InChI=1S/C21H15Cl2N3O4S/c22-17-2-1-3-18(20(17)23)25-19(27)12-31-16-10-6-14(7-11-16)24-21(28)13-4-8-15(9-5-13)26(29)30/h1-11H,12H2,(H,24,28)(H,25,27). The third-order valence-corrected chi connectivity index (χ3v) is 5.88. The highest BCUT2D eigenvalue weighted by molar-refractivity contribution is 8.00. The zero-order valence-electron chi connectivity index (χ0n) is 15.8. The smallest absolute Gasteiger partial charge is 0.269 e. The maximum Gasteiger partial charge on any atom is 0.269 e. The van der Waals surface area contributed by atoms with Crippen LogP contribution in [0.3, 0.4) is 0 Å². The van der Waals surface area contributed by atoms with E-state index in [1.54, 1.807) is 42.5 Å². The lowest BCUT2D eigenvalue weighted by Crippen LogP contribution is -2.14. The van der Waals surface area contributed by atoms with Crippen molar-refractivity contribution in [3.63, 3.8) is 0 Å². The Morgan fingerprint density at radius 2 is 1.61 bits per heavy atom. The van der Waals surface area contributed by atoms with Crippen LogP contribution >= 0.6 is 35.0 Å². The van der Waals surface area contributed by atoms with Crippen molar-refractivity contribution in [2.75, 3.05) is 16.4 Å². The number of non-ortho nitro benzene ring substituents is 1. The Kier molecular flexibility index (Phi) is 7.51. The van der Waals surface area contributed by atoms with E-state index < -0.39 is 4.92 Å². The van der Waals surface area contributed by atoms with E-state index in [0.29, 0.717) is 22.0 Å². The second-order valence-electron chi connectivity index (χ2n) is 6.22. The number of hydrogen-bond acceptors (Lipinski definition) is 5. The first-order valence-electron chi connectivity index (χ1n) is 8.86. The number of hydrogen-bond donors (Lipinski definition) is 2. The number of halogens is 2. The van der Waals surface area contributed by atoms with E-state index in [2.05, 4.69) is 10.6 Å². The van der Waals surface area contributed by atoms with Crippen LogP contribution in [0.4, 0.5) is 17.1 Å². The SMILES string of the molecule is O=C(CSc1ccc(NC(=O)c2ccc([N+](=O)[O-])cc2)cc1)Nc1cccc(Cl)c1Cl. The molecule has 2 amide bonds. The van der Waals surface area contributed by atoms with Gasteiger partial charge in [-0.3, -0.25) is 19.7 Å². The van der Waals surface area contributed by atoms with Crippen molar-refractivity contribution in [2.45, 2.75) is 4.90 Å². The van der Waals surface area contributed by atoms with Crippen LogP contribution in [0.2, 0.25) is 10.0 Å². The first-order valence-corrected chi connectivity index (χ1v) is 10.6. The van der Waals surface area contributed by atoms with Crippen LogP contribution in [0.25, 0.3) is 0 Å². The molecule has 10 heteroatoms. The lowest BCUT2D eigenvalue weighted by Gasteiger charge is -2.09. The van der Waals surface area contributed by atoms with Crippen LogP contribution in [-0.4, -0.2) is 22.5 Å². The molecule has 2 N–H and O–H groups in total. The van der Waals surface area contributed by atoms with Crippen LogP contribution in [0, 0.1) is 10.1 Å². The monoisotopic (exact) mass is 475 g/mol. The minimum Gasteiger partial charge on any atom is -0.324 e. The molecule has 0 bridgehead atoms. The van der Waals surface area contributed by atoms with E-state index in [1.807, 2.05) is 0 Å². The molecule has 7 nitrogen and oxygen atoms in total. The summed E-state index contributed by atoms with van der Waals surface area (Å²) in [6.07, 6.45) is 0. The van der Waals surface area contributed by atoms with Crippen molar-refractivity contribution in [3.8, 4) is 0 Å². The van der Waals surface area contributed by atoms with Crippen molar-refractivity contribution in [1.29, 1.82) is 0 Å². The molecule has 0 atom stereocenters. The predicted molar refractivity (Wildman–Crippen MR) is 123 cm³/mol. The quantitative estimate of drug-likeness (QED) is 0.252. The first-order chi connectivity index (χ1) is 14.8. The molecule has 0 unspecified atom stereocenters. The van der Waals surface area contributed by atoms with Crippen LogP contribution in [0.15, 0.2) is 71.6 Å². The van der Waals surface area contributed by atoms with Crippen molar-refractivity contribution in [2.24, 2.45) is 0 Å². The largest absolute Gasteiger partial charge is 0.324 e. The number of anilines is 2. The summed E-state index contributed by atoms with van der Waals surface area (Å²) in [5.41, 5.74) is 1.23. The van der Waals surface area contributed by atoms with Crippen molar-refractivity contribution in [3.05, 3.63) is 92.5 Å². The minimum absolute atomic E-state index is 0.0837. The molecule has 3 aromatic rings. The summed E-state index contributed by atoms with van der Waals surface area (Å²) < 4.78 is 0. The normalized spacial score (nSPS) is 10.4. The summed E-state index contributed by atoms with van der Waals surface area (Å²) in [7, 11) is 0. The molecular weight excluding hydrogens is 461 g/mol. The molecular formula is C21H15Cl2N3O4S. The van der Waals surface area contributed by atoms with Gasteiger partial charge in [0.2, 0.25) is 5.91 Å². The van der Waals surface area contributed by atoms with Gasteiger partial charge in [-0.1, -0.05) is 29.3 Å². The summed E-state index contributed by atoms with van der Waals surface area (Å²) in [4.78, 5) is 35.4. The fourth-order valence-corrected chi connectivity index (χ4v) is 3.55. The number of carbonyl (C=O) groups is 2. The molecule has 0 saturated heterocycles. The van der Waals surface area contributed by atoms with Gasteiger partial charge in [-0.25, -0.2) is 0 Å². The van der Waals surface area contributed by atoms with Crippen LogP contribution in [0.1, 0.15) is 10.4 Å². The van der Waals surface area contributed by atoms with E-state index in [4.69, 9.17) is 23.2 Å². The number of benzene rings is 3. The number of nitro benzene ring substituents is 1. The van der Waals surface area contributed by atoms with E-state index in [9.17, 15) is 19.7 Å². The average molecular weight is 476 g/mol. The highest BCUT2D eigenvalue weighted by Crippen LogP contribution is 2.30. The number of nitrogens with zero attached hydrogens (tertiary/aromatic N) is 1. The fourth-order valence-electron chi connectivity index (χ4n) is 2.51. The van der Waals surface area contributed by atoms with E-state index in [1.165, 1.54) is 36.0 Å². The van der Waals surface area contributed by atoms with Gasteiger partial charge >= 0.3 is 0 Å². The first kappa shape index (κ1) is 22.6. The number of thioether (sulfide) groups is 1. The lowest BCUT2D eigenvalue weighted by molar-refractivity contribution is -0.384. The Morgan fingerprint density at radius 3 is 2.26 bits per heavy atom. The molecule has 0 aromatic heterocycles. The highest BCUT2D eigenvalue weighted by atomic mass is 35.5. The molecule has 0 radical (unpaired) electrons. The zero-order valence-corrected chi connectivity index (χ0v) is 18.1. The van der Waals surface area contributed by atoms with Crippen LogP contribution in [-0.2, 0) is 4.79 Å². The lowest BCUT2D eigenvalue weighted by atomic mass is 10.2. The van der Waals surface area contributed by atoms with E-state index >= 15 is 0 Å². The summed E-state index contributed by atoms with van der Waals surface area (Å²) in [6.45, 7) is 0. The molecule has 0 fully saturated rings. The Hall–Kier alpha value is -3.07. The Morgan fingerprint density at radius 1 is 0.935 bits per heavy atom. The van der Waals surface area contributed by atoms with Crippen molar-refractivity contribution in [1.82, 2.24) is 0 Å². The molecule has 0 aliphatic heterocycles. The number of rotatable bonds is 7. The van der Waals surface area contributed by atoms with Gasteiger partial charge in [0.15, 0.2) is 0 Å². The predicted octanol–water partition coefficient (Wildman–Crippen LogP) is 5.88. The third kappa shape index (κ3) is 6.21. The summed E-state index contributed by atoms with van der Waals surface area (Å²) in [6, 6.07) is 17.3. The van der Waals surface area contributed by atoms with Gasteiger partial charge in [-0.05, 0) is 48.5 Å². The molecule has 31 heavy (non-hydrogen) atoms. The average Bonchev–Trinajstić information content (AvgIpc) is 2.76. The molecule has 0 spiro atoms. The molecule has 158 valence electrons. The Labute approximate surface area is 191 Å². The summed E-state index contributed by atoms with van der Waals surface area (Å²) in [5.74, 6) is -0.449. The Balaban J connectivity index is 1.52. The van der Waals surface area contributed by atoms with E-state index in [-0.39, 0.29) is 28.3 Å². The van der Waals surface area contributed by atoms with Gasteiger partial charge in [-0.2, -0.15) is 0 Å². The molecule has 3 rings (SSSR count). The van der Waals surface area contributed by atoms with Gasteiger partial charge in [-0.15, -0.1) is 11.8 Å². The zero-order chi connectivity index (χ0) is 22.4. The molecule has 3 aromatic carbocycles. The van der Waals surface area contributed by atoms with Gasteiger partial charge in [0.05, 0.1) is 26.4 Å². The fraction of sp³-hybridized carbons (Fsp3) is 0.0476. The number of nitro groups is 1. The van der Waals surface area contributed by atoms with Crippen molar-refractivity contribution < 1.29 is 14.5 Å². The Bertz CT molecular complexity index is 1120. The number of amides is 2. The number of nitrogens with one attached hydrogen (secondary N) is 2. The van der Waals surface area contributed by atoms with Crippen LogP contribution in [0.5, 0.6) is 0 Å². The summed E-state index contributed by atoms with van der Waals surface area (Å²) in [5, 5.41) is 16.8. The van der Waals surface area contributed by atoms with E-state index in [0.717, 1.165) is 4.90 Å². The maximum atomic E-state index is 12.3. The molecule has 0 heterocycles. The molecule has 0 saturated carbocycles. The third-order valence-electron chi connectivity index (χ3n) is 4.05. The van der Waals surface area contributed by atoms with Crippen LogP contribution < -0.4 is 10.6 Å². The van der Waals surface area contributed by atoms with Gasteiger partial charge < -0.3 is 10.6 Å². The van der Waals surface area contributed by atoms with Gasteiger partial charge in [0.1, 0.15) is 0 Å². The second kappa shape index (κ2) is 10.3. The van der Waals surface area contributed by atoms with Gasteiger partial charge in [0.25, 0.3) is 11.6 Å². The topological polar surface area (TPSA) is 101 Å². The molecule has 0 aliphatic carbocycles. The minimum atomic E-state index is -0.526. The second-order valence-corrected chi connectivity index (χ2v) is 8.05. The van der Waals surface area contributed by atoms with Crippen molar-refractivity contribution >= 4 is 63.8 Å². The molecule has 0 aliphatic rings. The summed E-state index contributed by atoms with van der Waals surface area (Å²) >= 11 is 13.3. The van der Waals surface area contributed by atoms with Gasteiger partial charge in [0, 0.05) is 28.3 Å². The highest BCUT2D eigenvalue weighted by Gasteiger charge is 2.11.